The molecule has 2 aromatic heterocycles. The average Bonchev–Trinajstić information content (AvgIpc) is 2.71. The summed E-state index contributed by atoms with van der Waals surface area (Å²) >= 11 is 1.32. The summed E-state index contributed by atoms with van der Waals surface area (Å²) in [6.07, 6.45) is -2.81. The van der Waals surface area contributed by atoms with Crippen LogP contribution in [-0.4, -0.2) is 38.4 Å². The van der Waals surface area contributed by atoms with E-state index < -0.39 is 11.7 Å². The Morgan fingerprint density at radius 3 is 2.48 bits per heavy atom. The molecule has 1 amide bonds. The molecular weight excluding hydrogens is 403 g/mol. The molecule has 0 saturated heterocycles. The maximum Gasteiger partial charge on any atom is 0.416 e. The number of nitrogens with zero attached hydrogens (tertiary/aromatic N) is 4. The van der Waals surface area contributed by atoms with E-state index in [4.69, 9.17) is 0 Å². The molecule has 0 aliphatic carbocycles. The average molecular weight is 419 g/mol. The third-order valence-electron chi connectivity index (χ3n) is 3.75. The van der Waals surface area contributed by atoms with Crippen molar-refractivity contribution in [1.29, 1.82) is 0 Å². The van der Waals surface area contributed by atoms with Crippen LogP contribution < -0.4 is 5.32 Å². The molecule has 0 fully saturated rings. The van der Waals surface area contributed by atoms with Crippen molar-refractivity contribution in [1.82, 2.24) is 25.5 Å². The molecule has 6 nitrogen and oxygen atoms in total. The molecule has 1 N–H and O–H groups in total. The number of nitrogens with one attached hydrogen (secondary N) is 1. The van der Waals surface area contributed by atoms with Gasteiger partial charge in [-0.1, -0.05) is 18.2 Å². The molecule has 1 aromatic carbocycles. The molecule has 0 saturated carbocycles. The lowest BCUT2D eigenvalue weighted by molar-refractivity contribution is -0.137. The van der Waals surface area contributed by atoms with E-state index >= 15 is 0 Å². The number of thioether (sulfide) groups is 1. The number of aromatic nitrogens is 4. The van der Waals surface area contributed by atoms with Gasteiger partial charge >= 0.3 is 6.18 Å². The molecule has 3 rings (SSSR count). The van der Waals surface area contributed by atoms with Gasteiger partial charge in [-0.2, -0.15) is 13.2 Å². The second-order valence-corrected chi connectivity index (χ2v) is 6.99. The lowest BCUT2D eigenvalue weighted by Gasteiger charge is -2.10. The number of benzene rings is 1. The van der Waals surface area contributed by atoms with Crippen LogP contribution >= 0.6 is 11.8 Å². The Kier molecular flexibility index (Phi) is 6.42. The van der Waals surface area contributed by atoms with Crippen molar-refractivity contribution in [2.24, 2.45) is 0 Å². The van der Waals surface area contributed by atoms with Crippen LogP contribution in [-0.2, 0) is 11.0 Å². The first-order valence-electron chi connectivity index (χ1n) is 8.55. The highest BCUT2D eigenvalue weighted by Gasteiger charge is 2.30. The molecule has 0 radical (unpaired) electrons. The minimum atomic E-state index is -4.42. The van der Waals surface area contributed by atoms with E-state index in [-0.39, 0.29) is 5.91 Å². The number of amides is 1. The number of rotatable bonds is 6. The maximum atomic E-state index is 12.8. The van der Waals surface area contributed by atoms with Gasteiger partial charge in [0.15, 0.2) is 0 Å². The van der Waals surface area contributed by atoms with E-state index in [0.29, 0.717) is 40.1 Å². The highest BCUT2D eigenvalue weighted by Crippen LogP contribution is 2.33. The summed E-state index contributed by atoms with van der Waals surface area (Å²) < 4.78 is 38.5. The highest BCUT2D eigenvalue weighted by atomic mass is 32.2. The first kappa shape index (κ1) is 20.7. The number of hydrogen-bond donors (Lipinski definition) is 1. The number of pyridine rings is 1. The third kappa shape index (κ3) is 5.50. The topological polar surface area (TPSA) is 80.7 Å². The molecule has 10 heteroatoms. The Hall–Kier alpha value is -3.01. The zero-order chi connectivity index (χ0) is 20.9. The van der Waals surface area contributed by atoms with Crippen LogP contribution in [0, 0.1) is 0 Å². The van der Waals surface area contributed by atoms with E-state index in [0.717, 1.165) is 12.1 Å². The molecule has 0 aliphatic rings. The Balaban J connectivity index is 1.93. The van der Waals surface area contributed by atoms with Crippen LogP contribution in [0.2, 0.25) is 0 Å². The molecule has 150 valence electrons. The van der Waals surface area contributed by atoms with Crippen molar-refractivity contribution < 1.29 is 18.0 Å². The lowest BCUT2D eigenvalue weighted by Crippen LogP contribution is -2.22. The van der Waals surface area contributed by atoms with E-state index in [1.807, 2.05) is 0 Å². The van der Waals surface area contributed by atoms with Crippen LogP contribution in [0.1, 0.15) is 12.5 Å². The molecule has 0 aliphatic heterocycles. The van der Waals surface area contributed by atoms with Crippen LogP contribution in [0.4, 0.5) is 13.2 Å². The Morgan fingerprint density at radius 2 is 1.86 bits per heavy atom. The van der Waals surface area contributed by atoms with Gasteiger partial charge in [0.05, 0.1) is 5.56 Å². The minimum absolute atomic E-state index is 0.149. The highest BCUT2D eigenvalue weighted by molar-refractivity contribution is 7.99. The first-order chi connectivity index (χ1) is 13.8. The van der Waals surface area contributed by atoms with Crippen molar-refractivity contribution in [2.45, 2.75) is 18.1 Å². The fraction of sp³-hybridized carbons (Fsp3) is 0.211. The van der Waals surface area contributed by atoms with Gasteiger partial charge in [-0.05, 0) is 24.3 Å². The predicted molar refractivity (Wildman–Crippen MR) is 103 cm³/mol. The van der Waals surface area contributed by atoms with Gasteiger partial charge in [-0.25, -0.2) is 4.98 Å². The molecule has 0 atom stereocenters. The standard InChI is InChI=1S/C19H16F3N5OS/c1-12(28)23-10-11-29-18-16(13-5-7-14(8-6-13)19(20,21)22)26-27-17(25-18)15-4-2-3-9-24-15/h2-9H,10-11H2,1H3,(H,23,28). The number of carbonyl (C=O) groups is 1. The third-order valence-corrected chi connectivity index (χ3v) is 4.72. The predicted octanol–water partition coefficient (Wildman–Crippen LogP) is 3.85. The Morgan fingerprint density at radius 1 is 1.10 bits per heavy atom. The van der Waals surface area contributed by atoms with Crippen molar-refractivity contribution in [3.63, 3.8) is 0 Å². The monoisotopic (exact) mass is 419 g/mol. The van der Waals surface area contributed by atoms with Gasteiger partial charge in [-0.3, -0.25) is 9.78 Å². The first-order valence-corrected chi connectivity index (χ1v) is 9.54. The largest absolute Gasteiger partial charge is 0.416 e. The van der Waals surface area contributed by atoms with E-state index in [1.165, 1.54) is 30.8 Å². The van der Waals surface area contributed by atoms with Crippen molar-refractivity contribution >= 4 is 17.7 Å². The van der Waals surface area contributed by atoms with Crippen LogP contribution in [0.15, 0.2) is 53.7 Å². The number of hydrogen-bond acceptors (Lipinski definition) is 6. The molecule has 3 aromatic rings. The van der Waals surface area contributed by atoms with Crippen LogP contribution in [0.25, 0.3) is 22.8 Å². The molecule has 0 unspecified atom stereocenters. The van der Waals surface area contributed by atoms with E-state index in [2.05, 4.69) is 25.5 Å². The molecule has 0 spiro atoms. The summed E-state index contributed by atoms with van der Waals surface area (Å²) in [5, 5.41) is 11.4. The Bertz CT molecular complexity index is 981. The summed E-state index contributed by atoms with van der Waals surface area (Å²) in [5.41, 5.74) is 0.619. The number of alkyl halides is 3. The van der Waals surface area contributed by atoms with Gasteiger partial charge in [-0.15, -0.1) is 22.0 Å². The smallest absolute Gasteiger partial charge is 0.356 e. The lowest BCUT2D eigenvalue weighted by atomic mass is 10.1. The summed E-state index contributed by atoms with van der Waals surface area (Å²) in [6.45, 7) is 1.83. The maximum absolute atomic E-state index is 12.8. The zero-order valence-corrected chi connectivity index (χ0v) is 16.1. The second-order valence-electron chi connectivity index (χ2n) is 5.91. The van der Waals surface area contributed by atoms with E-state index in [1.54, 1.807) is 24.4 Å². The second kappa shape index (κ2) is 8.99. The summed E-state index contributed by atoms with van der Waals surface area (Å²) in [4.78, 5) is 19.7. The van der Waals surface area contributed by atoms with Gasteiger partial charge in [0.2, 0.25) is 11.7 Å². The number of halogens is 3. The number of carbonyl (C=O) groups excluding carboxylic acids is 1. The normalized spacial score (nSPS) is 11.3. The van der Waals surface area contributed by atoms with Gasteiger partial charge < -0.3 is 5.32 Å². The van der Waals surface area contributed by atoms with Crippen molar-refractivity contribution in [2.75, 3.05) is 12.3 Å². The molecular formula is C19H16F3N5OS. The molecule has 0 bridgehead atoms. The minimum Gasteiger partial charge on any atom is -0.356 e. The summed E-state index contributed by atoms with van der Waals surface area (Å²) in [6, 6.07) is 9.96. The fourth-order valence-corrected chi connectivity index (χ4v) is 3.23. The molecule has 29 heavy (non-hydrogen) atoms. The Labute approximate surface area is 169 Å². The summed E-state index contributed by atoms with van der Waals surface area (Å²) in [7, 11) is 0. The van der Waals surface area contributed by atoms with Crippen LogP contribution in [0.5, 0.6) is 0 Å². The van der Waals surface area contributed by atoms with Crippen molar-refractivity contribution in [3.8, 4) is 22.8 Å². The summed E-state index contributed by atoms with van der Waals surface area (Å²) in [5.74, 6) is 0.667. The SMILES string of the molecule is CC(=O)NCCSc1nc(-c2ccccn2)nnc1-c1ccc(C(F)(F)F)cc1. The quantitative estimate of drug-likeness (QED) is 0.483. The van der Waals surface area contributed by atoms with Gasteiger partial charge in [0, 0.05) is 31.0 Å². The van der Waals surface area contributed by atoms with Gasteiger partial charge in [0.1, 0.15) is 16.4 Å². The van der Waals surface area contributed by atoms with Crippen molar-refractivity contribution in [3.05, 3.63) is 54.2 Å². The zero-order valence-electron chi connectivity index (χ0n) is 15.3. The molecule has 2 heterocycles. The fourth-order valence-electron chi connectivity index (χ4n) is 2.39. The van der Waals surface area contributed by atoms with E-state index in [9.17, 15) is 18.0 Å². The van der Waals surface area contributed by atoms with Gasteiger partial charge in [0.25, 0.3) is 0 Å². The van der Waals surface area contributed by atoms with Crippen LogP contribution in [0.3, 0.4) is 0 Å².